The van der Waals surface area contributed by atoms with Gasteiger partial charge in [-0.1, -0.05) is 23.7 Å². The first kappa shape index (κ1) is 22.1. The van der Waals surface area contributed by atoms with E-state index in [4.69, 9.17) is 16.3 Å². The molecule has 8 heteroatoms. The number of hydrogen-bond donors (Lipinski definition) is 1. The van der Waals surface area contributed by atoms with Gasteiger partial charge in [-0.25, -0.2) is 4.98 Å². The van der Waals surface area contributed by atoms with E-state index < -0.39 is 0 Å². The molecule has 5 nitrogen and oxygen atoms in total. The molecule has 0 atom stereocenters. The number of ether oxygens (including phenoxy) is 1. The van der Waals surface area contributed by atoms with Crippen LogP contribution in [0.4, 0.5) is 5.69 Å². The second kappa shape index (κ2) is 9.57. The predicted octanol–water partition coefficient (Wildman–Crippen LogP) is 5.22. The van der Waals surface area contributed by atoms with Gasteiger partial charge in [-0.3, -0.25) is 4.79 Å². The molecular formula is C23H23Cl2N3O2S. The van der Waals surface area contributed by atoms with Gasteiger partial charge in [-0.2, -0.15) is 0 Å². The number of piperidine rings is 1. The van der Waals surface area contributed by atoms with Crippen LogP contribution in [0.1, 0.15) is 28.1 Å². The minimum atomic E-state index is 0. The third-order valence-electron chi connectivity index (χ3n) is 5.59. The van der Waals surface area contributed by atoms with Crippen LogP contribution in [0.5, 0.6) is 5.88 Å². The number of amides is 1. The lowest BCUT2D eigenvalue weighted by molar-refractivity contribution is 0.0984. The fraction of sp³-hybridized carbons (Fsp3) is 0.304. The van der Waals surface area contributed by atoms with E-state index in [0.29, 0.717) is 17.4 Å². The van der Waals surface area contributed by atoms with E-state index in [0.717, 1.165) is 58.9 Å². The van der Waals surface area contributed by atoms with Crippen molar-refractivity contribution >= 4 is 46.9 Å². The van der Waals surface area contributed by atoms with Crippen molar-refractivity contribution in [2.45, 2.75) is 25.4 Å². The van der Waals surface area contributed by atoms with Gasteiger partial charge in [0.1, 0.15) is 6.10 Å². The molecule has 0 unspecified atom stereocenters. The highest BCUT2D eigenvalue weighted by molar-refractivity contribution is 7.17. The van der Waals surface area contributed by atoms with Crippen molar-refractivity contribution < 1.29 is 9.53 Å². The monoisotopic (exact) mass is 475 g/mol. The van der Waals surface area contributed by atoms with Gasteiger partial charge in [0, 0.05) is 22.5 Å². The maximum atomic E-state index is 13.2. The number of nitrogens with one attached hydrogen (secondary N) is 1. The molecule has 31 heavy (non-hydrogen) atoms. The van der Waals surface area contributed by atoms with Crippen molar-refractivity contribution in [2.75, 3.05) is 24.5 Å². The normalized spacial score (nSPS) is 16.5. The molecule has 0 aliphatic carbocycles. The van der Waals surface area contributed by atoms with Crippen molar-refractivity contribution in [1.29, 1.82) is 0 Å². The van der Waals surface area contributed by atoms with Crippen LogP contribution in [-0.4, -0.2) is 36.6 Å². The standard InChI is InChI=1S/C23H22ClN3O2S.ClH/c24-17-3-1-15(2-4-17)20-13-16-9-12-27(23(28)22(16)30-20)18-5-6-21(26-14-18)29-19-7-10-25-11-8-19;/h1-6,13-14,19,25H,7-12H2;1H. The van der Waals surface area contributed by atoms with Crippen molar-refractivity contribution in [1.82, 2.24) is 10.3 Å². The summed E-state index contributed by atoms with van der Waals surface area (Å²) in [5.41, 5.74) is 3.01. The molecule has 1 saturated heterocycles. The molecule has 0 spiro atoms. The van der Waals surface area contributed by atoms with Gasteiger partial charge in [-0.05, 0) is 67.7 Å². The van der Waals surface area contributed by atoms with E-state index in [1.807, 2.05) is 41.3 Å². The second-order valence-electron chi connectivity index (χ2n) is 7.60. The number of anilines is 1. The Morgan fingerprint density at radius 1 is 1.13 bits per heavy atom. The van der Waals surface area contributed by atoms with Crippen LogP contribution in [0.25, 0.3) is 10.4 Å². The van der Waals surface area contributed by atoms with Crippen LogP contribution in [0, 0.1) is 0 Å². The number of thiophene rings is 1. The highest BCUT2D eigenvalue weighted by Crippen LogP contribution is 2.36. The first-order valence-electron chi connectivity index (χ1n) is 10.2. The number of aromatic nitrogens is 1. The van der Waals surface area contributed by atoms with Gasteiger partial charge in [0.25, 0.3) is 5.91 Å². The first-order valence-corrected chi connectivity index (χ1v) is 11.4. The van der Waals surface area contributed by atoms with E-state index in [2.05, 4.69) is 16.4 Å². The Morgan fingerprint density at radius 2 is 1.90 bits per heavy atom. The Labute approximate surface area is 196 Å². The molecule has 1 N–H and O–H groups in total. The quantitative estimate of drug-likeness (QED) is 0.561. The number of hydrogen-bond acceptors (Lipinski definition) is 5. The molecule has 2 aliphatic rings. The maximum Gasteiger partial charge on any atom is 0.268 e. The molecule has 2 aromatic heterocycles. The summed E-state index contributed by atoms with van der Waals surface area (Å²) < 4.78 is 5.98. The SMILES string of the molecule is Cl.O=C1c2sc(-c3ccc(Cl)cc3)cc2CCN1c1ccc(OC2CCNCC2)nc1. The van der Waals surface area contributed by atoms with Crippen molar-refractivity contribution in [3.63, 3.8) is 0 Å². The fourth-order valence-corrected chi connectivity index (χ4v) is 5.23. The molecule has 0 saturated carbocycles. The summed E-state index contributed by atoms with van der Waals surface area (Å²) in [4.78, 5) is 21.3. The number of carbonyl (C=O) groups excluding carboxylic acids is 1. The Bertz CT molecular complexity index is 1050. The van der Waals surface area contributed by atoms with Crippen LogP contribution in [-0.2, 0) is 6.42 Å². The van der Waals surface area contributed by atoms with Gasteiger partial charge in [0.05, 0.1) is 16.8 Å². The lowest BCUT2D eigenvalue weighted by Gasteiger charge is -2.27. The largest absolute Gasteiger partial charge is 0.474 e. The minimum absolute atomic E-state index is 0. The summed E-state index contributed by atoms with van der Waals surface area (Å²) in [6.07, 6.45) is 4.77. The Morgan fingerprint density at radius 3 is 2.61 bits per heavy atom. The van der Waals surface area contributed by atoms with Gasteiger partial charge in [-0.15, -0.1) is 23.7 Å². The molecule has 0 radical (unpaired) electrons. The third kappa shape index (κ3) is 4.72. The van der Waals surface area contributed by atoms with Crippen LogP contribution in [0.15, 0.2) is 48.7 Å². The van der Waals surface area contributed by atoms with Gasteiger partial charge in [0.2, 0.25) is 5.88 Å². The van der Waals surface area contributed by atoms with Crippen LogP contribution in [0.3, 0.4) is 0 Å². The smallest absolute Gasteiger partial charge is 0.268 e. The van der Waals surface area contributed by atoms with Crippen molar-refractivity contribution in [3.8, 4) is 16.3 Å². The molecular weight excluding hydrogens is 453 g/mol. The van der Waals surface area contributed by atoms with Crippen molar-refractivity contribution in [3.05, 3.63) is 64.1 Å². The fourth-order valence-electron chi connectivity index (χ4n) is 3.94. The van der Waals surface area contributed by atoms with Crippen LogP contribution in [0.2, 0.25) is 5.02 Å². The van der Waals surface area contributed by atoms with Crippen molar-refractivity contribution in [2.24, 2.45) is 0 Å². The first-order chi connectivity index (χ1) is 14.7. The zero-order valence-electron chi connectivity index (χ0n) is 16.8. The highest BCUT2D eigenvalue weighted by atomic mass is 35.5. The van der Waals surface area contributed by atoms with Gasteiger partial charge >= 0.3 is 0 Å². The number of halogens is 2. The summed E-state index contributed by atoms with van der Waals surface area (Å²) >= 11 is 7.54. The summed E-state index contributed by atoms with van der Waals surface area (Å²) in [7, 11) is 0. The molecule has 1 amide bonds. The zero-order valence-corrected chi connectivity index (χ0v) is 19.2. The summed E-state index contributed by atoms with van der Waals surface area (Å²) in [5.74, 6) is 0.659. The third-order valence-corrected chi connectivity index (χ3v) is 7.05. The number of carbonyl (C=O) groups is 1. The van der Waals surface area contributed by atoms with Crippen LogP contribution < -0.4 is 15.0 Å². The molecule has 2 aliphatic heterocycles. The van der Waals surface area contributed by atoms with E-state index in [9.17, 15) is 4.79 Å². The topological polar surface area (TPSA) is 54.5 Å². The molecule has 5 rings (SSSR count). The molecule has 162 valence electrons. The number of fused-ring (bicyclic) bond motifs is 1. The maximum absolute atomic E-state index is 13.2. The molecule has 1 aromatic carbocycles. The summed E-state index contributed by atoms with van der Waals surface area (Å²) in [5, 5.41) is 4.04. The number of rotatable bonds is 4. The Hall–Kier alpha value is -2.12. The lowest BCUT2D eigenvalue weighted by Crippen LogP contribution is -2.36. The number of nitrogens with zero attached hydrogens (tertiary/aromatic N) is 2. The van der Waals surface area contributed by atoms with Gasteiger partial charge < -0.3 is 15.0 Å². The van der Waals surface area contributed by atoms with Gasteiger partial charge in [0.15, 0.2) is 0 Å². The van der Waals surface area contributed by atoms with E-state index >= 15 is 0 Å². The molecule has 1 fully saturated rings. The average molecular weight is 476 g/mol. The Balaban J connectivity index is 0.00000231. The zero-order chi connectivity index (χ0) is 20.5. The Kier molecular flexibility index (Phi) is 6.82. The van der Waals surface area contributed by atoms with E-state index in [-0.39, 0.29) is 24.4 Å². The summed E-state index contributed by atoms with van der Waals surface area (Å²) in [6, 6.07) is 13.7. The molecule has 0 bridgehead atoms. The summed E-state index contributed by atoms with van der Waals surface area (Å²) in [6.45, 7) is 2.61. The average Bonchev–Trinajstić information content (AvgIpc) is 3.21. The molecule has 4 heterocycles. The van der Waals surface area contributed by atoms with Crippen LogP contribution >= 0.6 is 35.3 Å². The van der Waals surface area contributed by atoms with E-state index in [1.54, 1.807) is 17.5 Å². The highest BCUT2D eigenvalue weighted by Gasteiger charge is 2.28. The number of benzene rings is 1. The second-order valence-corrected chi connectivity index (χ2v) is 9.09. The molecule has 3 aromatic rings. The number of pyridine rings is 1. The minimum Gasteiger partial charge on any atom is -0.474 e. The lowest BCUT2D eigenvalue weighted by atomic mass is 10.1. The van der Waals surface area contributed by atoms with E-state index in [1.165, 1.54) is 0 Å². The predicted molar refractivity (Wildman–Crippen MR) is 128 cm³/mol.